The van der Waals surface area contributed by atoms with Gasteiger partial charge in [0.25, 0.3) is 0 Å². The van der Waals surface area contributed by atoms with Gasteiger partial charge in [-0.3, -0.25) is 4.98 Å². The molecule has 0 radical (unpaired) electrons. The fourth-order valence-corrected chi connectivity index (χ4v) is 2.75. The molecular weight excluding hydrogens is 316 g/mol. The minimum Gasteiger partial charge on any atom is -0.395 e. The number of nitrogen functional groups attached to an aromatic ring is 1. The highest BCUT2D eigenvalue weighted by molar-refractivity contribution is 5.93. The number of nitrogens with one attached hydrogen (secondary N) is 1. The number of aliphatic hydroxyl groups excluding tert-OH is 1. The lowest BCUT2D eigenvalue weighted by Crippen LogP contribution is -2.28. The monoisotopic (exact) mass is 338 g/mol. The number of aliphatic hydroxyl groups is 1. The van der Waals surface area contributed by atoms with Gasteiger partial charge in [0, 0.05) is 24.2 Å². The van der Waals surface area contributed by atoms with E-state index >= 15 is 0 Å². The molecule has 0 spiro atoms. The highest BCUT2D eigenvalue weighted by atomic mass is 16.3. The van der Waals surface area contributed by atoms with Gasteiger partial charge in [0.2, 0.25) is 0 Å². The summed E-state index contributed by atoms with van der Waals surface area (Å²) in [5.41, 5.74) is 9.37. The maximum absolute atomic E-state index is 9.22. The van der Waals surface area contributed by atoms with E-state index in [1.165, 1.54) is 6.33 Å². The number of nitrogens with zero attached hydrogens (tertiary/aromatic N) is 4. The van der Waals surface area contributed by atoms with Crippen LogP contribution in [0.3, 0.4) is 0 Å². The molecule has 0 atom stereocenters. The predicted octanol–water partition coefficient (Wildman–Crippen LogP) is 2.48. The maximum Gasteiger partial charge on any atom is 0.159 e. The highest BCUT2D eigenvalue weighted by Crippen LogP contribution is 2.30. The molecule has 3 rings (SSSR count). The van der Waals surface area contributed by atoms with Gasteiger partial charge in [0.1, 0.15) is 12.0 Å². The molecule has 0 fully saturated rings. The van der Waals surface area contributed by atoms with Crippen molar-refractivity contribution in [2.45, 2.75) is 13.8 Å². The van der Waals surface area contributed by atoms with Crippen LogP contribution in [-0.2, 0) is 0 Å². The van der Waals surface area contributed by atoms with Crippen molar-refractivity contribution in [2.24, 2.45) is 0 Å². The van der Waals surface area contributed by atoms with E-state index in [1.54, 1.807) is 0 Å². The lowest BCUT2D eigenvalue weighted by molar-refractivity contribution is 0.302. The molecule has 0 aliphatic carbocycles. The number of aryl methyl sites for hydroxylation is 1. The summed E-state index contributed by atoms with van der Waals surface area (Å²) >= 11 is 0. The van der Waals surface area contributed by atoms with Gasteiger partial charge in [-0.1, -0.05) is 18.2 Å². The van der Waals surface area contributed by atoms with Gasteiger partial charge in [-0.25, -0.2) is 9.97 Å². The van der Waals surface area contributed by atoms with Gasteiger partial charge in [-0.05, 0) is 26.0 Å². The molecule has 0 saturated carbocycles. The average molecular weight is 338 g/mol. The zero-order chi connectivity index (χ0) is 17.8. The van der Waals surface area contributed by atoms with E-state index in [4.69, 9.17) is 5.73 Å². The summed E-state index contributed by atoms with van der Waals surface area (Å²) in [6.45, 7) is 5.14. The number of benzene rings is 1. The van der Waals surface area contributed by atoms with Crippen LogP contribution >= 0.6 is 0 Å². The number of para-hydroxylation sites is 1. The summed E-state index contributed by atoms with van der Waals surface area (Å²) in [5, 5.41) is 13.5. The molecule has 0 aliphatic heterocycles. The summed E-state index contributed by atoms with van der Waals surface area (Å²) in [4.78, 5) is 15.1. The zero-order valence-corrected chi connectivity index (χ0v) is 14.4. The number of fused-ring (bicyclic) bond motifs is 1. The second-order valence-electron chi connectivity index (χ2n) is 5.72. The van der Waals surface area contributed by atoms with E-state index in [0.29, 0.717) is 30.4 Å². The van der Waals surface area contributed by atoms with Crippen molar-refractivity contribution in [3.8, 4) is 0 Å². The molecule has 130 valence electrons. The number of aromatic nitrogens is 3. The van der Waals surface area contributed by atoms with E-state index in [9.17, 15) is 5.11 Å². The number of anilines is 4. The molecule has 25 heavy (non-hydrogen) atoms. The van der Waals surface area contributed by atoms with Gasteiger partial charge >= 0.3 is 0 Å². The molecule has 0 amide bonds. The molecule has 0 saturated heterocycles. The Hall–Kier alpha value is -2.93. The third-order valence-corrected chi connectivity index (χ3v) is 4.03. The van der Waals surface area contributed by atoms with Crippen molar-refractivity contribution in [1.29, 1.82) is 0 Å². The summed E-state index contributed by atoms with van der Waals surface area (Å²) in [5.74, 6) is 1.13. The molecule has 1 aromatic carbocycles. The van der Waals surface area contributed by atoms with Crippen LogP contribution < -0.4 is 16.0 Å². The predicted molar refractivity (Wildman–Crippen MR) is 101 cm³/mol. The largest absolute Gasteiger partial charge is 0.395 e. The van der Waals surface area contributed by atoms with Crippen molar-refractivity contribution < 1.29 is 5.11 Å². The number of likely N-dealkylation sites (N-methyl/N-ethyl adjacent to an activating group) is 1. The quantitative estimate of drug-likeness (QED) is 0.635. The van der Waals surface area contributed by atoms with Gasteiger partial charge < -0.3 is 21.1 Å². The van der Waals surface area contributed by atoms with Crippen molar-refractivity contribution in [3.63, 3.8) is 0 Å². The van der Waals surface area contributed by atoms with Crippen LogP contribution in [0.1, 0.15) is 12.6 Å². The second kappa shape index (κ2) is 7.31. The van der Waals surface area contributed by atoms with Gasteiger partial charge in [0.15, 0.2) is 11.6 Å². The Bertz CT molecular complexity index is 883. The maximum atomic E-state index is 9.22. The molecular formula is C18H22N6O. The molecule has 2 heterocycles. The molecule has 3 aromatic rings. The van der Waals surface area contributed by atoms with E-state index < -0.39 is 0 Å². The highest BCUT2D eigenvalue weighted by Gasteiger charge is 2.14. The van der Waals surface area contributed by atoms with Crippen LogP contribution in [0.5, 0.6) is 0 Å². The first-order valence-corrected chi connectivity index (χ1v) is 8.23. The average Bonchev–Trinajstić information content (AvgIpc) is 2.62. The standard InChI is InChI=1S/C18H22N6O/c1-3-24(9-10-25)18-15(19)17(20-11-21-18)23-14-6-4-5-13-8-7-12(2)22-16(13)14/h4-8,11,25H,3,9-10,19H2,1-2H3,(H,20,21,23). The van der Waals surface area contributed by atoms with Crippen LogP contribution in [0.2, 0.25) is 0 Å². The zero-order valence-electron chi connectivity index (χ0n) is 14.4. The first-order valence-electron chi connectivity index (χ1n) is 8.23. The Morgan fingerprint density at radius 1 is 1.20 bits per heavy atom. The first-order chi connectivity index (χ1) is 12.1. The van der Waals surface area contributed by atoms with Gasteiger partial charge in [-0.15, -0.1) is 0 Å². The van der Waals surface area contributed by atoms with Crippen molar-refractivity contribution in [3.05, 3.63) is 42.4 Å². The molecule has 0 unspecified atom stereocenters. The SMILES string of the molecule is CCN(CCO)c1ncnc(Nc2cccc3ccc(C)nc23)c1N. The molecule has 2 aromatic heterocycles. The molecule has 7 nitrogen and oxygen atoms in total. The topological polar surface area (TPSA) is 100 Å². The lowest BCUT2D eigenvalue weighted by atomic mass is 10.1. The summed E-state index contributed by atoms with van der Waals surface area (Å²) in [6.07, 6.45) is 1.47. The fraction of sp³-hybridized carbons (Fsp3) is 0.278. The molecule has 7 heteroatoms. The van der Waals surface area contributed by atoms with Crippen LogP contribution in [0.15, 0.2) is 36.7 Å². The third kappa shape index (κ3) is 3.46. The van der Waals surface area contributed by atoms with Crippen LogP contribution in [0.4, 0.5) is 23.0 Å². The molecule has 4 N–H and O–H groups in total. The minimum atomic E-state index is 0.0343. The minimum absolute atomic E-state index is 0.0343. The van der Waals surface area contributed by atoms with Crippen molar-refractivity contribution in [1.82, 2.24) is 15.0 Å². The molecule has 0 bridgehead atoms. The van der Waals surface area contributed by atoms with Crippen molar-refractivity contribution in [2.75, 3.05) is 35.6 Å². The van der Waals surface area contributed by atoms with Crippen LogP contribution in [0.25, 0.3) is 10.9 Å². The Kier molecular flexibility index (Phi) is 4.95. The van der Waals surface area contributed by atoms with Crippen molar-refractivity contribution >= 4 is 33.9 Å². The summed E-state index contributed by atoms with van der Waals surface area (Å²) in [7, 11) is 0. The Morgan fingerprint density at radius 3 is 2.80 bits per heavy atom. The Morgan fingerprint density at radius 2 is 2.04 bits per heavy atom. The molecule has 0 aliphatic rings. The van der Waals surface area contributed by atoms with E-state index in [-0.39, 0.29) is 6.61 Å². The van der Waals surface area contributed by atoms with Crippen LogP contribution in [0, 0.1) is 6.92 Å². The number of rotatable bonds is 6. The Balaban J connectivity index is 2.00. The summed E-state index contributed by atoms with van der Waals surface area (Å²) in [6, 6.07) is 9.95. The smallest absolute Gasteiger partial charge is 0.159 e. The van der Waals surface area contributed by atoms with E-state index in [0.717, 1.165) is 22.3 Å². The first kappa shape index (κ1) is 16.9. The number of nitrogens with two attached hydrogens (primary N) is 1. The lowest BCUT2D eigenvalue weighted by Gasteiger charge is -2.23. The number of pyridine rings is 1. The summed E-state index contributed by atoms with van der Waals surface area (Å²) < 4.78 is 0. The van der Waals surface area contributed by atoms with E-state index in [1.807, 2.05) is 49.1 Å². The van der Waals surface area contributed by atoms with Gasteiger partial charge in [-0.2, -0.15) is 0 Å². The normalized spacial score (nSPS) is 10.8. The number of hydrogen-bond donors (Lipinski definition) is 3. The van der Waals surface area contributed by atoms with E-state index in [2.05, 4.69) is 20.3 Å². The fourth-order valence-electron chi connectivity index (χ4n) is 2.75. The Labute approximate surface area is 146 Å². The second-order valence-corrected chi connectivity index (χ2v) is 5.72. The van der Waals surface area contributed by atoms with Crippen LogP contribution in [-0.4, -0.2) is 39.8 Å². The number of hydrogen-bond acceptors (Lipinski definition) is 7. The van der Waals surface area contributed by atoms with Gasteiger partial charge in [0.05, 0.1) is 17.8 Å². The third-order valence-electron chi connectivity index (χ3n) is 4.03.